The van der Waals surface area contributed by atoms with Gasteiger partial charge in [0.15, 0.2) is 0 Å². The maximum Gasteiger partial charge on any atom is 0.232 e. The summed E-state index contributed by atoms with van der Waals surface area (Å²) in [5.41, 5.74) is 7.34. The summed E-state index contributed by atoms with van der Waals surface area (Å²) >= 11 is 0. The molecule has 2 aliphatic heterocycles. The van der Waals surface area contributed by atoms with E-state index in [1.165, 1.54) is 0 Å². The predicted octanol–water partition coefficient (Wildman–Crippen LogP) is -0.0224. The van der Waals surface area contributed by atoms with Gasteiger partial charge in [-0.25, -0.2) is 0 Å². The zero-order valence-corrected chi connectivity index (χ0v) is 9.22. The van der Waals surface area contributed by atoms with E-state index in [1.807, 2.05) is 24.3 Å². The Morgan fingerprint density at radius 3 is 2.12 bits per heavy atom. The zero-order valence-electron chi connectivity index (χ0n) is 9.22. The molecule has 0 spiro atoms. The Hall–Kier alpha value is -2.04. The Bertz CT molecular complexity index is 461. The molecule has 2 fully saturated rings. The molecule has 3 rings (SSSR count). The smallest absolute Gasteiger partial charge is 0.232 e. The van der Waals surface area contributed by atoms with Crippen LogP contribution in [0, 0.1) is 11.8 Å². The topological polar surface area (TPSA) is 75.4 Å². The molecule has 5 heteroatoms. The lowest BCUT2D eigenvalue weighted by molar-refractivity contribution is -0.126. The number of amides is 2. The van der Waals surface area contributed by atoms with Crippen LogP contribution in [-0.4, -0.2) is 24.9 Å². The highest BCUT2D eigenvalue weighted by atomic mass is 16.2. The molecule has 2 amide bonds. The number of nitrogens with zero attached hydrogens (tertiary/aromatic N) is 1. The van der Waals surface area contributed by atoms with Crippen LogP contribution in [0.3, 0.4) is 0 Å². The van der Waals surface area contributed by atoms with Crippen molar-refractivity contribution in [3.05, 3.63) is 24.3 Å². The van der Waals surface area contributed by atoms with Crippen LogP contribution in [0.1, 0.15) is 0 Å². The van der Waals surface area contributed by atoms with Gasteiger partial charge in [0.25, 0.3) is 0 Å². The minimum atomic E-state index is -0.194. The average Bonchev–Trinajstić information content (AvgIpc) is 2.83. The van der Waals surface area contributed by atoms with Gasteiger partial charge >= 0.3 is 0 Å². The molecule has 3 N–H and O–H groups in total. The van der Waals surface area contributed by atoms with Crippen molar-refractivity contribution in [1.29, 1.82) is 0 Å². The standard InChI is InChI=1S/C12H13N3O2/c13-7-1-3-8(4-2-7)15-5-9-10(6-15)12(17)14-11(9)16/h1-4,9-10H,5-6,13H2,(H,14,16,17)/t9-,10+. The fraction of sp³-hybridized carbons (Fsp3) is 0.333. The Kier molecular flexibility index (Phi) is 2.07. The highest BCUT2D eigenvalue weighted by Crippen LogP contribution is 2.32. The molecule has 0 aromatic heterocycles. The quantitative estimate of drug-likeness (QED) is 0.526. The van der Waals surface area contributed by atoms with Gasteiger partial charge in [0, 0.05) is 24.5 Å². The number of imide groups is 1. The summed E-state index contributed by atoms with van der Waals surface area (Å²) in [5.74, 6) is -0.670. The number of nitrogens with one attached hydrogen (secondary N) is 1. The van der Waals surface area contributed by atoms with Crippen LogP contribution in [0.2, 0.25) is 0 Å². The van der Waals surface area contributed by atoms with Crippen LogP contribution in [0.25, 0.3) is 0 Å². The third-order valence-electron chi connectivity index (χ3n) is 3.50. The number of rotatable bonds is 1. The molecule has 0 unspecified atom stereocenters. The van der Waals surface area contributed by atoms with Crippen molar-refractivity contribution < 1.29 is 9.59 Å². The minimum absolute atomic E-state index is 0.141. The van der Waals surface area contributed by atoms with E-state index >= 15 is 0 Å². The summed E-state index contributed by atoms with van der Waals surface area (Å²) in [5, 5.41) is 2.38. The van der Waals surface area contributed by atoms with Crippen molar-refractivity contribution in [3.8, 4) is 0 Å². The summed E-state index contributed by atoms with van der Waals surface area (Å²) in [6.07, 6.45) is 0. The van der Waals surface area contributed by atoms with Crippen LogP contribution in [-0.2, 0) is 9.59 Å². The van der Waals surface area contributed by atoms with Gasteiger partial charge in [0.2, 0.25) is 11.8 Å². The molecule has 2 atom stereocenters. The van der Waals surface area contributed by atoms with Gasteiger partial charge in [0.05, 0.1) is 11.8 Å². The van der Waals surface area contributed by atoms with E-state index in [0.717, 1.165) is 5.69 Å². The van der Waals surface area contributed by atoms with E-state index in [-0.39, 0.29) is 23.7 Å². The molecule has 2 aliphatic rings. The second-order valence-corrected chi connectivity index (χ2v) is 4.56. The van der Waals surface area contributed by atoms with Crippen molar-refractivity contribution in [3.63, 3.8) is 0 Å². The monoisotopic (exact) mass is 231 g/mol. The lowest BCUT2D eigenvalue weighted by Gasteiger charge is -2.19. The number of carbonyl (C=O) groups excluding carboxylic acids is 2. The van der Waals surface area contributed by atoms with E-state index < -0.39 is 0 Å². The van der Waals surface area contributed by atoms with E-state index in [4.69, 9.17) is 5.73 Å². The number of hydrogen-bond donors (Lipinski definition) is 2. The second-order valence-electron chi connectivity index (χ2n) is 4.56. The molecule has 2 saturated heterocycles. The first kappa shape index (κ1) is 10.1. The number of benzene rings is 1. The number of nitrogen functional groups attached to an aromatic ring is 1. The molecule has 0 radical (unpaired) electrons. The maximum absolute atomic E-state index is 11.5. The van der Waals surface area contributed by atoms with Gasteiger partial charge in [-0.15, -0.1) is 0 Å². The molecule has 88 valence electrons. The van der Waals surface area contributed by atoms with E-state index in [2.05, 4.69) is 10.2 Å². The van der Waals surface area contributed by atoms with Crippen LogP contribution in [0.15, 0.2) is 24.3 Å². The summed E-state index contributed by atoms with van der Waals surface area (Å²) in [6.45, 7) is 1.21. The molecule has 1 aromatic carbocycles. The van der Waals surface area contributed by atoms with Crippen molar-refractivity contribution in [2.45, 2.75) is 0 Å². The lowest BCUT2D eigenvalue weighted by Crippen LogP contribution is -2.31. The normalized spacial score (nSPS) is 27.2. The number of hydrogen-bond acceptors (Lipinski definition) is 4. The van der Waals surface area contributed by atoms with Gasteiger partial charge in [0.1, 0.15) is 0 Å². The lowest BCUT2D eigenvalue weighted by atomic mass is 10.00. The molecule has 17 heavy (non-hydrogen) atoms. The molecule has 1 aromatic rings. The number of nitrogens with two attached hydrogens (primary N) is 1. The zero-order chi connectivity index (χ0) is 12.0. The minimum Gasteiger partial charge on any atom is -0.399 e. The highest BCUT2D eigenvalue weighted by Gasteiger charge is 2.47. The van der Waals surface area contributed by atoms with Crippen molar-refractivity contribution in [2.75, 3.05) is 23.7 Å². The fourth-order valence-corrected chi connectivity index (χ4v) is 2.54. The van der Waals surface area contributed by atoms with Gasteiger partial charge in [-0.3, -0.25) is 14.9 Å². The molecule has 2 heterocycles. The average molecular weight is 231 g/mol. The predicted molar refractivity (Wildman–Crippen MR) is 63.2 cm³/mol. The number of anilines is 2. The molecular weight excluding hydrogens is 218 g/mol. The maximum atomic E-state index is 11.5. The van der Waals surface area contributed by atoms with Gasteiger partial charge < -0.3 is 10.6 Å². The third-order valence-corrected chi connectivity index (χ3v) is 3.50. The van der Waals surface area contributed by atoms with Gasteiger partial charge in [-0.05, 0) is 24.3 Å². The number of fused-ring (bicyclic) bond motifs is 1. The Morgan fingerprint density at radius 1 is 1.06 bits per heavy atom. The van der Waals surface area contributed by atoms with Crippen molar-refractivity contribution >= 4 is 23.2 Å². The fourth-order valence-electron chi connectivity index (χ4n) is 2.54. The first-order valence-electron chi connectivity index (χ1n) is 5.60. The Labute approximate surface area is 98.6 Å². The first-order valence-corrected chi connectivity index (χ1v) is 5.60. The molecule has 0 bridgehead atoms. The highest BCUT2D eigenvalue weighted by molar-refractivity contribution is 6.06. The summed E-state index contributed by atoms with van der Waals surface area (Å²) < 4.78 is 0. The Morgan fingerprint density at radius 2 is 1.59 bits per heavy atom. The van der Waals surface area contributed by atoms with Gasteiger partial charge in [-0.2, -0.15) is 0 Å². The molecule has 5 nitrogen and oxygen atoms in total. The van der Waals surface area contributed by atoms with Gasteiger partial charge in [-0.1, -0.05) is 0 Å². The van der Waals surface area contributed by atoms with Crippen LogP contribution in [0.4, 0.5) is 11.4 Å². The van der Waals surface area contributed by atoms with Crippen molar-refractivity contribution in [2.24, 2.45) is 11.8 Å². The van der Waals surface area contributed by atoms with E-state index in [0.29, 0.717) is 18.8 Å². The summed E-state index contributed by atoms with van der Waals surface area (Å²) in [7, 11) is 0. The third kappa shape index (κ3) is 1.54. The molecule has 0 aliphatic carbocycles. The van der Waals surface area contributed by atoms with Crippen LogP contribution < -0.4 is 16.0 Å². The molecule has 0 saturated carbocycles. The largest absolute Gasteiger partial charge is 0.399 e. The molecular formula is C12H13N3O2. The van der Waals surface area contributed by atoms with E-state index in [1.54, 1.807) is 0 Å². The Balaban J connectivity index is 1.83. The van der Waals surface area contributed by atoms with Crippen LogP contribution >= 0.6 is 0 Å². The summed E-state index contributed by atoms with van der Waals surface area (Å²) in [6, 6.07) is 7.48. The second kappa shape index (κ2) is 3.48. The van der Waals surface area contributed by atoms with E-state index in [9.17, 15) is 9.59 Å². The SMILES string of the molecule is Nc1ccc(N2C[C@@H]3C(=O)NC(=O)[C@@H]3C2)cc1. The summed E-state index contributed by atoms with van der Waals surface area (Å²) in [4.78, 5) is 25.1. The first-order chi connectivity index (χ1) is 8.15. The van der Waals surface area contributed by atoms with Crippen molar-refractivity contribution in [1.82, 2.24) is 5.32 Å². The van der Waals surface area contributed by atoms with Crippen LogP contribution in [0.5, 0.6) is 0 Å². The number of carbonyl (C=O) groups is 2.